The van der Waals surface area contributed by atoms with Crippen molar-refractivity contribution in [2.75, 3.05) is 39.0 Å². The minimum Gasteiger partial charge on any atom is -0.329 e. The number of nitrogens with zero attached hydrogens (tertiary/aromatic N) is 2. The maximum absolute atomic E-state index is 11.6. The summed E-state index contributed by atoms with van der Waals surface area (Å²) in [5.41, 5.74) is 8.86. The number of hydrogen-bond donors (Lipinski definition) is 1. The SMILES string of the molecule is CS(=O)(=O)N1CCN(C2(CN)Cc3ccccc3C2)CC1. The van der Waals surface area contributed by atoms with Crippen LogP contribution in [0.15, 0.2) is 24.3 Å². The molecule has 1 aromatic rings. The summed E-state index contributed by atoms with van der Waals surface area (Å²) in [5, 5.41) is 0. The normalized spacial score (nSPS) is 23.1. The van der Waals surface area contributed by atoms with Crippen LogP contribution in [0.5, 0.6) is 0 Å². The molecule has 2 N–H and O–H groups in total. The van der Waals surface area contributed by atoms with Crippen molar-refractivity contribution < 1.29 is 8.42 Å². The zero-order valence-electron chi connectivity index (χ0n) is 12.5. The Balaban J connectivity index is 1.75. The molecule has 0 radical (unpaired) electrons. The topological polar surface area (TPSA) is 66.6 Å². The highest BCUT2D eigenvalue weighted by atomic mass is 32.2. The number of rotatable bonds is 3. The van der Waals surface area contributed by atoms with Crippen molar-refractivity contribution in [2.45, 2.75) is 18.4 Å². The first-order valence-corrected chi connectivity index (χ1v) is 9.26. The van der Waals surface area contributed by atoms with Crippen molar-refractivity contribution >= 4 is 10.0 Å². The van der Waals surface area contributed by atoms with Crippen molar-refractivity contribution in [3.8, 4) is 0 Å². The highest BCUT2D eigenvalue weighted by Crippen LogP contribution is 2.34. The molecule has 21 heavy (non-hydrogen) atoms. The van der Waals surface area contributed by atoms with Gasteiger partial charge in [-0.2, -0.15) is 4.31 Å². The largest absolute Gasteiger partial charge is 0.329 e. The molecule has 1 aromatic carbocycles. The van der Waals surface area contributed by atoms with E-state index in [0.717, 1.165) is 25.9 Å². The Morgan fingerprint density at radius 1 is 1.10 bits per heavy atom. The van der Waals surface area contributed by atoms with Gasteiger partial charge in [-0.05, 0) is 24.0 Å². The molecule has 1 aliphatic heterocycles. The molecule has 1 saturated heterocycles. The fraction of sp³-hybridized carbons (Fsp3) is 0.600. The van der Waals surface area contributed by atoms with E-state index in [4.69, 9.17) is 5.73 Å². The van der Waals surface area contributed by atoms with Crippen molar-refractivity contribution in [3.63, 3.8) is 0 Å². The molecular formula is C15H23N3O2S. The van der Waals surface area contributed by atoms with Gasteiger partial charge in [-0.15, -0.1) is 0 Å². The second-order valence-corrected chi connectivity index (χ2v) is 8.18. The molecule has 1 fully saturated rings. The molecule has 6 heteroatoms. The van der Waals surface area contributed by atoms with Gasteiger partial charge in [0.2, 0.25) is 10.0 Å². The summed E-state index contributed by atoms with van der Waals surface area (Å²) >= 11 is 0. The van der Waals surface area contributed by atoms with Crippen molar-refractivity contribution in [1.29, 1.82) is 0 Å². The standard InChI is InChI=1S/C15H23N3O2S/c1-21(19,20)18-8-6-17(7-9-18)15(12-16)10-13-4-2-3-5-14(13)11-15/h2-5H,6-12,16H2,1H3. The fourth-order valence-electron chi connectivity index (χ4n) is 3.67. The van der Waals surface area contributed by atoms with Crippen LogP contribution in [0.4, 0.5) is 0 Å². The third kappa shape index (κ3) is 2.73. The summed E-state index contributed by atoms with van der Waals surface area (Å²) < 4.78 is 24.8. The molecule has 0 spiro atoms. The van der Waals surface area contributed by atoms with Gasteiger partial charge in [-0.25, -0.2) is 8.42 Å². The Hall–Kier alpha value is -0.950. The average molecular weight is 309 g/mol. The maximum Gasteiger partial charge on any atom is 0.211 e. The van der Waals surface area contributed by atoms with Crippen LogP contribution in [0.3, 0.4) is 0 Å². The van der Waals surface area contributed by atoms with E-state index >= 15 is 0 Å². The number of nitrogens with two attached hydrogens (primary N) is 1. The van der Waals surface area contributed by atoms with Crippen LogP contribution >= 0.6 is 0 Å². The van der Waals surface area contributed by atoms with E-state index in [1.807, 2.05) is 0 Å². The highest BCUT2D eigenvalue weighted by Gasteiger charge is 2.42. The maximum atomic E-state index is 11.6. The van der Waals surface area contributed by atoms with Gasteiger partial charge in [0.15, 0.2) is 0 Å². The van der Waals surface area contributed by atoms with Crippen LogP contribution in [0.1, 0.15) is 11.1 Å². The van der Waals surface area contributed by atoms with Crippen molar-refractivity contribution in [2.24, 2.45) is 5.73 Å². The third-order valence-electron chi connectivity index (χ3n) is 4.92. The molecule has 0 saturated carbocycles. The van der Waals surface area contributed by atoms with E-state index < -0.39 is 10.0 Å². The van der Waals surface area contributed by atoms with E-state index in [9.17, 15) is 8.42 Å². The minimum atomic E-state index is -3.08. The van der Waals surface area contributed by atoms with Gasteiger partial charge in [0, 0.05) is 38.3 Å². The molecule has 0 bridgehead atoms. The molecular weight excluding hydrogens is 286 g/mol. The molecule has 0 unspecified atom stereocenters. The Morgan fingerprint density at radius 3 is 2.05 bits per heavy atom. The average Bonchev–Trinajstić information content (AvgIpc) is 2.86. The lowest BCUT2D eigenvalue weighted by molar-refractivity contribution is 0.0660. The zero-order valence-corrected chi connectivity index (χ0v) is 13.3. The van der Waals surface area contributed by atoms with Gasteiger partial charge in [-0.1, -0.05) is 24.3 Å². The molecule has 116 valence electrons. The lowest BCUT2D eigenvalue weighted by Gasteiger charge is -2.45. The Kier molecular flexibility index (Phi) is 3.81. The van der Waals surface area contributed by atoms with Gasteiger partial charge in [-0.3, -0.25) is 4.90 Å². The Morgan fingerprint density at radius 2 is 1.62 bits per heavy atom. The summed E-state index contributed by atoms with van der Waals surface area (Å²) in [6.45, 7) is 3.27. The molecule has 0 atom stereocenters. The number of piperazine rings is 1. The minimum absolute atomic E-state index is 0.0344. The second-order valence-electron chi connectivity index (χ2n) is 6.20. The van der Waals surface area contributed by atoms with Gasteiger partial charge in [0.05, 0.1) is 6.26 Å². The van der Waals surface area contributed by atoms with Gasteiger partial charge < -0.3 is 5.73 Å². The first-order chi connectivity index (χ1) is 9.94. The van der Waals surface area contributed by atoms with Crippen molar-refractivity contribution in [1.82, 2.24) is 9.21 Å². The quantitative estimate of drug-likeness (QED) is 0.857. The highest BCUT2D eigenvalue weighted by molar-refractivity contribution is 7.88. The number of hydrogen-bond acceptors (Lipinski definition) is 4. The first-order valence-electron chi connectivity index (χ1n) is 7.42. The van der Waals surface area contributed by atoms with E-state index in [0.29, 0.717) is 19.6 Å². The smallest absolute Gasteiger partial charge is 0.211 e. The summed E-state index contributed by atoms with van der Waals surface area (Å²) in [7, 11) is -3.08. The van der Waals surface area contributed by atoms with Gasteiger partial charge in [0.25, 0.3) is 0 Å². The fourth-order valence-corrected chi connectivity index (χ4v) is 4.49. The molecule has 0 aromatic heterocycles. The number of fused-ring (bicyclic) bond motifs is 1. The Bertz CT molecular complexity index is 597. The van der Waals surface area contributed by atoms with Gasteiger partial charge in [0.1, 0.15) is 0 Å². The van der Waals surface area contributed by atoms with Crippen molar-refractivity contribution in [3.05, 3.63) is 35.4 Å². The molecule has 1 heterocycles. The monoisotopic (exact) mass is 309 g/mol. The molecule has 1 aliphatic carbocycles. The molecule has 2 aliphatic rings. The summed E-state index contributed by atoms with van der Waals surface area (Å²) in [6, 6.07) is 8.51. The van der Waals surface area contributed by atoms with Crippen LogP contribution in [0, 0.1) is 0 Å². The van der Waals surface area contributed by atoms with Gasteiger partial charge >= 0.3 is 0 Å². The summed E-state index contributed by atoms with van der Waals surface area (Å²) in [5.74, 6) is 0. The van der Waals surface area contributed by atoms with E-state index in [-0.39, 0.29) is 5.54 Å². The van der Waals surface area contributed by atoms with E-state index in [1.165, 1.54) is 17.4 Å². The van der Waals surface area contributed by atoms with Crippen LogP contribution < -0.4 is 5.73 Å². The predicted octanol–water partition coefficient (Wildman–Crippen LogP) is 0.0599. The summed E-state index contributed by atoms with van der Waals surface area (Å²) in [6.07, 6.45) is 3.23. The van der Waals surface area contributed by atoms with E-state index in [2.05, 4.69) is 29.2 Å². The zero-order chi connectivity index (χ0) is 15.1. The van der Waals surface area contributed by atoms with Crippen LogP contribution in [0.25, 0.3) is 0 Å². The molecule has 5 nitrogen and oxygen atoms in total. The third-order valence-corrected chi connectivity index (χ3v) is 6.22. The lowest BCUT2D eigenvalue weighted by atomic mass is 9.92. The summed E-state index contributed by atoms with van der Waals surface area (Å²) in [4.78, 5) is 2.40. The number of benzene rings is 1. The lowest BCUT2D eigenvalue weighted by Crippen LogP contribution is -2.61. The number of sulfonamides is 1. The first kappa shape index (κ1) is 15.0. The van der Waals surface area contributed by atoms with E-state index in [1.54, 1.807) is 4.31 Å². The Labute approximate surface area is 126 Å². The molecule has 3 rings (SSSR count). The second kappa shape index (κ2) is 5.35. The van der Waals surface area contributed by atoms with Crippen LogP contribution in [0.2, 0.25) is 0 Å². The molecule has 0 amide bonds. The predicted molar refractivity (Wildman–Crippen MR) is 83.6 cm³/mol. The van der Waals surface area contributed by atoms with Crippen LogP contribution in [-0.4, -0.2) is 62.1 Å². The van der Waals surface area contributed by atoms with Crippen LogP contribution in [-0.2, 0) is 22.9 Å².